The van der Waals surface area contributed by atoms with Crippen molar-refractivity contribution in [1.29, 1.82) is 0 Å². The second-order valence-corrected chi connectivity index (χ2v) is 9.34. The van der Waals surface area contributed by atoms with Crippen LogP contribution in [0.4, 0.5) is 0 Å². The van der Waals surface area contributed by atoms with Gasteiger partial charge in [0.2, 0.25) is 0 Å². The van der Waals surface area contributed by atoms with E-state index in [1.165, 1.54) is 4.90 Å². The molecule has 0 fully saturated rings. The van der Waals surface area contributed by atoms with Crippen LogP contribution in [0.5, 0.6) is 0 Å². The monoisotopic (exact) mass is 472 g/mol. The summed E-state index contributed by atoms with van der Waals surface area (Å²) in [5.41, 5.74) is 2.27. The third-order valence-electron chi connectivity index (χ3n) is 6.19. The Morgan fingerprint density at radius 1 is 0.941 bits per heavy atom. The fourth-order valence-electron chi connectivity index (χ4n) is 4.50. The quantitative estimate of drug-likeness (QED) is 0.447. The van der Waals surface area contributed by atoms with Gasteiger partial charge in [0.15, 0.2) is 5.82 Å². The summed E-state index contributed by atoms with van der Waals surface area (Å²) in [6.07, 6.45) is 0.681. The number of hydrogen-bond acceptors (Lipinski definition) is 7. The van der Waals surface area contributed by atoms with Crippen molar-refractivity contribution >= 4 is 23.2 Å². The van der Waals surface area contributed by atoms with Crippen LogP contribution in [0.15, 0.2) is 63.1 Å². The molecule has 1 N–H and O–H groups in total. The predicted molar refractivity (Wildman–Crippen MR) is 125 cm³/mol. The molecule has 1 aromatic carbocycles. The molecule has 3 aromatic heterocycles. The molecular formula is C25H20N4O4S. The summed E-state index contributed by atoms with van der Waals surface area (Å²) < 4.78 is 5.94. The van der Waals surface area contributed by atoms with Gasteiger partial charge in [0.25, 0.3) is 17.4 Å². The molecule has 0 atom stereocenters. The molecule has 0 spiro atoms. The zero-order valence-electron chi connectivity index (χ0n) is 18.1. The van der Waals surface area contributed by atoms with Gasteiger partial charge in [0.1, 0.15) is 11.5 Å². The molecule has 34 heavy (non-hydrogen) atoms. The number of aromatic amines is 1. The number of benzene rings is 1. The zero-order chi connectivity index (χ0) is 23.2. The van der Waals surface area contributed by atoms with Crippen LogP contribution in [0.1, 0.15) is 43.5 Å². The average Bonchev–Trinajstić information content (AvgIpc) is 3.58. The molecule has 0 saturated heterocycles. The van der Waals surface area contributed by atoms with E-state index in [1.54, 1.807) is 41.7 Å². The van der Waals surface area contributed by atoms with Crippen LogP contribution in [0.3, 0.4) is 0 Å². The highest BCUT2D eigenvalue weighted by molar-refractivity contribution is 7.13. The number of aromatic nitrogens is 2. The molecule has 4 aromatic rings. The van der Waals surface area contributed by atoms with E-state index in [-0.39, 0.29) is 23.9 Å². The number of nitrogens with zero attached hydrogens (tertiary/aromatic N) is 3. The number of carbonyl (C=O) groups excluding carboxylic acids is 2. The van der Waals surface area contributed by atoms with E-state index in [0.717, 1.165) is 22.9 Å². The highest BCUT2D eigenvalue weighted by Crippen LogP contribution is 2.26. The molecule has 170 valence electrons. The van der Waals surface area contributed by atoms with Gasteiger partial charge in [-0.1, -0.05) is 18.2 Å². The molecule has 0 bridgehead atoms. The van der Waals surface area contributed by atoms with E-state index in [2.05, 4.69) is 14.9 Å². The fourth-order valence-corrected chi connectivity index (χ4v) is 5.17. The van der Waals surface area contributed by atoms with Gasteiger partial charge < -0.3 is 9.40 Å². The van der Waals surface area contributed by atoms with E-state index < -0.39 is 0 Å². The lowest BCUT2D eigenvalue weighted by Crippen LogP contribution is -2.35. The minimum absolute atomic E-state index is 0.0876. The van der Waals surface area contributed by atoms with Crippen LogP contribution in [-0.4, -0.2) is 38.1 Å². The van der Waals surface area contributed by atoms with Crippen molar-refractivity contribution in [2.45, 2.75) is 26.1 Å². The first-order valence-electron chi connectivity index (χ1n) is 11.0. The smallest absolute Gasteiger partial charge is 0.261 e. The maximum absolute atomic E-state index is 12.7. The fraction of sp³-hybridized carbons (Fsp3) is 0.200. The number of carbonyl (C=O) groups is 2. The third-order valence-corrected chi connectivity index (χ3v) is 7.07. The number of hydrogen-bond donors (Lipinski definition) is 1. The average molecular weight is 473 g/mol. The number of amides is 2. The molecule has 8 nitrogen and oxygen atoms in total. The Morgan fingerprint density at radius 2 is 1.68 bits per heavy atom. The molecule has 0 unspecified atom stereocenters. The van der Waals surface area contributed by atoms with Crippen molar-refractivity contribution in [2.24, 2.45) is 0 Å². The summed E-state index contributed by atoms with van der Waals surface area (Å²) in [6.45, 7) is 1.84. The molecule has 6 rings (SSSR count). The third kappa shape index (κ3) is 3.59. The molecular weight excluding hydrogens is 452 g/mol. The van der Waals surface area contributed by atoms with Crippen molar-refractivity contribution in [1.82, 2.24) is 19.8 Å². The highest BCUT2D eigenvalue weighted by Gasteiger charge is 2.35. The number of nitrogens with one attached hydrogen (secondary N) is 1. The normalized spacial score (nSPS) is 15.6. The van der Waals surface area contributed by atoms with Crippen molar-refractivity contribution in [2.75, 3.05) is 6.54 Å². The van der Waals surface area contributed by atoms with Gasteiger partial charge in [-0.2, -0.15) is 0 Å². The van der Waals surface area contributed by atoms with Gasteiger partial charge in [-0.3, -0.25) is 24.2 Å². The van der Waals surface area contributed by atoms with E-state index in [9.17, 15) is 14.4 Å². The van der Waals surface area contributed by atoms with Gasteiger partial charge in [0, 0.05) is 19.5 Å². The van der Waals surface area contributed by atoms with Crippen LogP contribution in [0.2, 0.25) is 0 Å². The number of H-pyrrole nitrogens is 1. The topological polar surface area (TPSA) is 99.5 Å². The Kier molecular flexibility index (Phi) is 5.00. The Labute approximate surface area is 198 Å². The number of rotatable bonds is 5. The lowest BCUT2D eigenvalue weighted by molar-refractivity contribution is 0.0630. The molecule has 0 radical (unpaired) electrons. The summed E-state index contributed by atoms with van der Waals surface area (Å²) in [6, 6.07) is 14.4. The number of imide groups is 1. The molecule has 0 aliphatic carbocycles. The van der Waals surface area contributed by atoms with Crippen molar-refractivity contribution < 1.29 is 14.0 Å². The second-order valence-electron chi connectivity index (χ2n) is 8.39. The van der Waals surface area contributed by atoms with Crippen LogP contribution in [0.25, 0.3) is 10.7 Å². The Balaban J connectivity index is 1.14. The number of furan rings is 1. The lowest BCUT2D eigenvalue weighted by Gasteiger charge is -2.26. The Morgan fingerprint density at radius 3 is 2.38 bits per heavy atom. The van der Waals surface area contributed by atoms with Crippen LogP contribution >= 0.6 is 11.3 Å². The summed E-state index contributed by atoms with van der Waals surface area (Å²) in [7, 11) is 0. The second kappa shape index (κ2) is 8.19. The molecule has 2 aliphatic rings. The molecule has 2 amide bonds. The predicted octanol–water partition coefficient (Wildman–Crippen LogP) is 3.45. The first-order chi connectivity index (χ1) is 16.6. The van der Waals surface area contributed by atoms with E-state index in [0.29, 0.717) is 47.8 Å². The minimum atomic E-state index is -0.306. The van der Waals surface area contributed by atoms with Crippen molar-refractivity contribution in [3.8, 4) is 10.7 Å². The molecule has 0 saturated carbocycles. The SMILES string of the molecule is O=C1c2ccccc2C(=O)N1Cc1ccc(CN2CCc3nc(-c4cccs4)[nH]c(=O)c3C2)o1. The van der Waals surface area contributed by atoms with Gasteiger partial charge >= 0.3 is 0 Å². The van der Waals surface area contributed by atoms with Crippen molar-refractivity contribution in [3.05, 3.63) is 98.2 Å². The largest absolute Gasteiger partial charge is 0.463 e. The molecule has 5 heterocycles. The standard InChI is InChI=1S/C25H20N4O4S/c30-23-19-14-28(10-9-20(19)26-22(27-23)21-6-3-11-34-21)12-15-7-8-16(33-15)13-29-24(31)17-4-1-2-5-18(17)25(29)32/h1-8,11H,9-10,12-14H2,(H,26,27,30). The number of thiophene rings is 1. The Bertz CT molecular complexity index is 1440. The van der Waals surface area contributed by atoms with Gasteiger partial charge in [-0.05, 0) is 35.7 Å². The first-order valence-corrected chi connectivity index (χ1v) is 11.9. The maximum atomic E-state index is 12.7. The van der Waals surface area contributed by atoms with E-state index in [1.807, 2.05) is 23.6 Å². The Hall–Kier alpha value is -3.82. The van der Waals surface area contributed by atoms with E-state index >= 15 is 0 Å². The summed E-state index contributed by atoms with van der Waals surface area (Å²) in [5.74, 6) is 1.27. The van der Waals surface area contributed by atoms with Gasteiger partial charge in [0.05, 0.1) is 40.4 Å². The molecule has 2 aliphatic heterocycles. The van der Waals surface area contributed by atoms with Crippen LogP contribution < -0.4 is 5.56 Å². The summed E-state index contributed by atoms with van der Waals surface area (Å²) in [4.78, 5) is 49.8. The highest BCUT2D eigenvalue weighted by atomic mass is 32.1. The molecule has 9 heteroatoms. The first kappa shape index (κ1) is 20.8. The van der Waals surface area contributed by atoms with Crippen LogP contribution in [-0.2, 0) is 26.1 Å². The van der Waals surface area contributed by atoms with Crippen molar-refractivity contribution in [3.63, 3.8) is 0 Å². The van der Waals surface area contributed by atoms with Crippen LogP contribution in [0, 0.1) is 0 Å². The maximum Gasteiger partial charge on any atom is 0.261 e. The number of fused-ring (bicyclic) bond motifs is 2. The van der Waals surface area contributed by atoms with Gasteiger partial charge in [-0.15, -0.1) is 11.3 Å². The zero-order valence-corrected chi connectivity index (χ0v) is 18.9. The lowest BCUT2D eigenvalue weighted by atomic mass is 10.1. The minimum Gasteiger partial charge on any atom is -0.463 e. The summed E-state index contributed by atoms with van der Waals surface area (Å²) in [5, 5.41) is 1.96. The van der Waals surface area contributed by atoms with E-state index in [4.69, 9.17) is 4.42 Å². The summed E-state index contributed by atoms with van der Waals surface area (Å²) >= 11 is 1.55. The van der Waals surface area contributed by atoms with Gasteiger partial charge in [-0.25, -0.2) is 4.98 Å².